The average Bonchev–Trinajstić information content (AvgIpc) is 2.77. The zero-order valence-corrected chi connectivity index (χ0v) is 12.1. The zero-order chi connectivity index (χ0) is 14.7. The summed E-state index contributed by atoms with van der Waals surface area (Å²) in [7, 11) is 0. The number of allylic oxidation sites excluding steroid dienone is 7. The number of benzene rings is 1. The number of hydrogen-bond acceptors (Lipinski definition) is 0. The maximum Gasteiger partial charge on any atom is 0.0540 e. The van der Waals surface area contributed by atoms with E-state index in [0.717, 1.165) is 29.4 Å². The second-order valence-corrected chi connectivity index (χ2v) is 5.16. The van der Waals surface area contributed by atoms with E-state index in [1.54, 1.807) is 0 Å². The highest BCUT2D eigenvalue weighted by molar-refractivity contribution is 5.86. The summed E-state index contributed by atoms with van der Waals surface area (Å²) in [6, 6.07) is 8.38. The van der Waals surface area contributed by atoms with E-state index in [-0.39, 0.29) is 0 Å². The van der Waals surface area contributed by atoms with Crippen LogP contribution in [-0.4, -0.2) is 4.57 Å². The Morgan fingerprint density at radius 3 is 2.52 bits per heavy atom. The first-order valence-electron chi connectivity index (χ1n) is 7.27. The maximum atomic E-state index is 4.27. The molecule has 2 heterocycles. The number of hydrogen-bond donors (Lipinski definition) is 0. The topological polar surface area (TPSA) is 4.93 Å². The molecular formula is C20H19N. The Balaban J connectivity index is 2.35. The van der Waals surface area contributed by atoms with Crippen LogP contribution >= 0.6 is 0 Å². The van der Waals surface area contributed by atoms with Gasteiger partial charge in [0, 0.05) is 21.7 Å². The fourth-order valence-corrected chi connectivity index (χ4v) is 2.70. The minimum absolute atomic E-state index is 0.934. The molecule has 104 valence electrons. The van der Waals surface area contributed by atoms with E-state index < -0.39 is 0 Å². The van der Waals surface area contributed by atoms with Gasteiger partial charge in [0.1, 0.15) is 0 Å². The van der Waals surface area contributed by atoms with Crippen molar-refractivity contribution < 1.29 is 0 Å². The van der Waals surface area contributed by atoms with Gasteiger partial charge in [0.25, 0.3) is 0 Å². The molecule has 0 saturated carbocycles. The third kappa shape index (κ3) is 2.55. The van der Waals surface area contributed by atoms with Crippen molar-refractivity contribution in [3.63, 3.8) is 0 Å². The fourth-order valence-electron chi connectivity index (χ4n) is 2.70. The summed E-state index contributed by atoms with van der Waals surface area (Å²) in [5.41, 5.74) is 2.08. The molecule has 0 amide bonds. The third-order valence-corrected chi connectivity index (χ3v) is 3.74. The molecule has 0 unspecified atom stereocenters. The molecule has 3 rings (SSSR count). The van der Waals surface area contributed by atoms with Gasteiger partial charge in [-0.15, -0.1) is 0 Å². The zero-order valence-electron chi connectivity index (χ0n) is 12.1. The van der Waals surface area contributed by atoms with Gasteiger partial charge in [-0.05, 0) is 25.0 Å². The van der Waals surface area contributed by atoms with Crippen LogP contribution in [0.3, 0.4) is 0 Å². The Labute approximate surface area is 125 Å². The molecule has 1 aromatic heterocycles. The van der Waals surface area contributed by atoms with Gasteiger partial charge in [0.15, 0.2) is 0 Å². The van der Waals surface area contributed by atoms with Crippen molar-refractivity contribution in [3.05, 3.63) is 77.9 Å². The highest BCUT2D eigenvalue weighted by Gasteiger charge is 2.06. The minimum Gasteiger partial charge on any atom is -0.310 e. The standard InChI is InChI=1S/C20H19N/c1-16-12-8-6-4-3-5-7-9-13-18-17(2)21(16)20-15-11-10-14-19(18)20/h4,6-15H,1-3,5H2/b6-4-,9-7-,12-8-,18-13+. The molecule has 0 N–H and O–H groups in total. The van der Waals surface area contributed by atoms with Crippen LogP contribution in [0.4, 0.5) is 0 Å². The average molecular weight is 273 g/mol. The number of para-hydroxylation sites is 1. The number of nitrogens with zero attached hydrogens (tertiary/aromatic N) is 1. The van der Waals surface area contributed by atoms with Gasteiger partial charge in [-0.1, -0.05) is 67.8 Å². The molecule has 1 aliphatic rings. The molecule has 0 aliphatic carbocycles. The van der Waals surface area contributed by atoms with E-state index in [2.05, 4.69) is 72.4 Å². The van der Waals surface area contributed by atoms with Crippen LogP contribution < -0.4 is 10.6 Å². The van der Waals surface area contributed by atoms with Crippen LogP contribution in [-0.2, 0) is 0 Å². The lowest BCUT2D eigenvalue weighted by atomic mass is 10.2. The lowest BCUT2D eigenvalue weighted by molar-refractivity contribution is 1.05. The van der Waals surface area contributed by atoms with E-state index in [0.29, 0.717) is 0 Å². The highest BCUT2D eigenvalue weighted by atomic mass is 15.0. The third-order valence-electron chi connectivity index (χ3n) is 3.74. The van der Waals surface area contributed by atoms with Crippen LogP contribution in [0, 0.1) is 0 Å². The first-order chi connectivity index (χ1) is 10.3. The molecule has 0 saturated heterocycles. The molecule has 2 bridgehead atoms. The summed E-state index contributed by atoms with van der Waals surface area (Å²) >= 11 is 0. The Bertz CT molecular complexity index is 872. The summed E-state index contributed by atoms with van der Waals surface area (Å²) in [5, 5.41) is 3.37. The molecular weight excluding hydrogens is 254 g/mol. The second kappa shape index (κ2) is 5.84. The Morgan fingerprint density at radius 2 is 1.67 bits per heavy atom. The van der Waals surface area contributed by atoms with Crippen molar-refractivity contribution in [2.24, 2.45) is 0 Å². The summed E-state index contributed by atoms with van der Waals surface area (Å²) < 4.78 is 2.12. The van der Waals surface area contributed by atoms with E-state index in [4.69, 9.17) is 0 Å². The number of aromatic nitrogens is 1. The summed E-state index contributed by atoms with van der Waals surface area (Å²) in [6.07, 6.45) is 16.9. The molecule has 1 aromatic carbocycles. The molecule has 0 fully saturated rings. The normalized spacial score (nSPS) is 21.5. The smallest absolute Gasteiger partial charge is 0.0540 e. The molecule has 21 heavy (non-hydrogen) atoms. The van der Waals surface area contributed by atoms with Gasteiger partial charge >= 0.3 is 0 Å². The van der Waals surface area contributed by atoms with E-state index >= 15 is 0 Å². The molecule has 0 radical (unpaired) electrons. The highest BCUT2D eigenvalue weighted by Crippen LogP contribution is 2.13. The lowest BCUT2D eigenvalue weighted by Gasteiger charge is -2.04. The maximum absolute atomic E-state index is 4.27. The predicted molar refractivity (Wildman–Crippen MR) is 93.2 cm³/mol. The van der Waals surface area contributed by atoms with Crippen molar-refractivity contribution in [2.75, 3.05) is 0 Å². The monoisotopic (exact) mass is 273 g/mol. The number of rotatable bonds is 0. The van der Waals surface area contributed by atoms with Gasteiger partial charge in [0.05, 0.1) is 5.52 Å². The first-order valence-corrected chi connectivity index (χ1v) is 7.27. The summed E-state index contributed by atoms with van der Waals surface area (Å²) in [6.45, 7) is 8.46. The van der Waals surface area contributed by atoms with Gasteiger partial charge in [-0.25, -0.2) is 0 Å². The Morgan fingerprint density at radius 1 is 0.905 bits per heavy atom. The van der Waals surface area contributed by atoms with Gasteiger partial charge < -0.3 is 4.57 Å². The van der Waals surface area contributed by atoms with Gasteiger partial charge in [-0.2, -0.15) is 0 Å². The Hall–Kier alpha value is -2.54. The number of fused-ring (bicyclic) bond motifs is 5. The van der Waals surface area contributed by atoms with Crippen molar-refractivity contribution in [1.29, 1.82) is 0 Å². The van der Waals surface area contributed by atoms with Crippen molar-refractivity contribution >= 4 is 29.3 Å². The SMILES string of the molecule is C=C1/C=C\C=C/CC/C=C\C=c2/c(=C)n1c1ccccc21. The lowest BCUT2D eigenvalue weighted by Crippen LogP contribution is -2.26. The molecule has 1 heteroatoms. The predicted octanol–water partition coefficient (Wildman–Crippen LogP) is 3.77. The van der Waals surface area contributed by atoms with Crippen LogP contribution in [0.2, 0.25) is 0 Å². The Kier molecular flexibility index (Phi) is 3.74. The van der Waals surface area contributed by atoms with Crippen molar-refractivity contribution in [1.82, 2.24) is 4.57 Å². The van der Waals surface area contributed by atoms with E-state index in [9.17, 15) is 0 Å². The van der Waals surface area contributed by atoms with Crippen molar-refractivity contribution in [3.8, 4) is 0 Å². The van der Waals surface area contributed by atoms with Crippen LogP contribution in [0.5, 0.6) is 0 Å². The van der Waals surface area contributed by atoms with Crippen LogP contribution in [0.15, 0.2) is 67.3 Å². The van der Waals surface area contributed by atoms with Crippen molar-refractivity contribution in [2.45, 2.75) is 12.8 Å². The molecule has 2 aromatic rings. The largest absolute Gasteiger partial charge is 0.310 e. The first kappa shape index (κ1) is 13.4. The molecule has 1 aliphatic heterocycles. The van der Waals surface area contributed by atoms with E-state index in [1.165, 1.54) is 10.6 Å². The quantitative estimate of drug-likeness (QED) is 0.688. The molecule has 1 nitrogen and oxygen atoms in total. The second-order valence-electron chi connectivity index (χ2n) is 5.16. The van der Waals surface area contributed by atoms with Crippen LogP contribution in [0.1, 0.15) is 12.8 Å². The summed E-state index contributed by atoms with van der Waals surface area (Å²) in [4.78, 5) is 0. The van der Waals surface area contributed by atoms with Crippen LogP contribution in [0.25, 0.3) is 29.3 Å². The van der Waals surface area contributed by atoms with E-state index in [1.807, 2.05) is 12.2 Å². The minimum atomic E-state index is 0.934. The van der Waals surface area contributed by atoms with Gasteiger partial charge in [0.2, 0.25) is 0 Å². The summed E-state index contributed by atoms with van der Waals surface area (Å²) in [5.74, 6) is 0. The van der Waals surface area contributed by atoms with Gasteiger partial charge in [-0.3, -0.25) is 0 Å². The molecule has 0 atom stereocenters. The fraction of sp³-hybridized carbons (Fsp3) is 0.100. The molecule has 0 spiro atoms.